The van der Waals surface area contributed by atoms with Crippen molar-refractivity contribution in [3.05, 3.63) is 42.2 Å². The van der Waals surface area contributed by atoms with E-state index in [2.05, 4.69) is 5.32 Å². The Labute approximate surface area is 118 Å². The highest BCUT2D eigenvalue weighted by molar-refractivity contribution is 7.89. The van der Waals surface area contributed by atoms with Crippen LogP contribution in [0.1, 0.15) is 5.76 Å². The molecule has 0 saturated carbocycles. The standard InChI is InChI=1S/C13H17N3O3S/c1-16(2)11-5-3-4-10(8-11)15-9-12-6-7-13(19-12)20(14,17)18/h3-8,15H,9H2,1-2H3,(H2,14,17,18). The lowest BCUT2D eigenvalue weighted by atomic mass is 10.2. The van der Waals surface area contributed by atoms with Gasteiger partial charge in [-0.15, -0.1) is 0 Å². The molecule has 7 heteroatoms. The van der Waals surface area contributed by atoms with Gasteiger partial charge in [0.1, 0.15) is 5.76 Å². The molecule has 0 bridgehead atoms. The average molecular weight is 295 g/mol. The fourth-order valence-corrected chi connectivity index (χ4v) is 2.17. The van der Waals surface area contributed by atoms with Gasteiger partial charge in [-0.05, 0) is 30.3 Å². The predicted molar refractivity (Wildman–Crippen MR) is 78.2 cm³/mol. The Balaban J connectivity index is 2.05. The summed E-state index contributed by atoms with van der Waals surface area (Å²) in [6.45, 7) is 0.381. The van der Waals surface area contributed by atoms with Gasteiger partial charge in [-0.25, -0.2) is 13.6 Å². The van der Waals surface area contributed by atoms with Crippen LogP contribution in [-0.2, 0) is 16.6 Å². The number of anilines is 2. The van der Waals surface area contributed by atoms with Crippen molar-refractivity contribution in [3.8, 4) is 0 Å². The van der Waals surface area contributed by atoms with Crippen LogP contribution in [0.5, 0.6) is 0 Å². The van der Waals surface area contributed by atoms with Gasteiger partial charge >= 0.3 is 0 Å². The lowest BCUT2D eigenvalue weighted by Gasteiger charge is -2.14. The first-order chi connectivity index (χ1) is 9.36. The maximum atomic E-state index is 11.1. The molecule has 0 aliphatic rings. The normalized spacial score (nSPS) is 11.3. The molecule has 1 aromatic heterocycles. The summed E-state index contributed by atoms with van der Waals surface area (Å²) in [5.74, 6) is 0.504. The third-order valence-electron chi connectivity index (χ3n) is 2.75. The molecule has 3 N–H and O–H groups in total. The summed E-state index contributed by atoms with van der Waals surface area (Å²) >= 11 is 0. The Hall–Kier alpha value is -1.99. The Kier molecular flexibility index (Phi) is 4.01. The summed E-state index contributed by atoms with van der Waals surface area (Å²) in [5.41, 5.74) is 1.99. The number of hydrogen-bond donors (Lipinski definition) is 2. The van der Waals surface area contributed by atoms with Crippen molar-refractivity contribution < 1.29 is 12.8 Å². The number of furan rings is 1. The maximum Gasteiger partial charge on any atom is 0.271 e. The molecule has 1 heterocycles. The molecule has 0 atom stereocenters. The third-order valence-corrected chi connectivity index (χ3v) is 3.53. The van der Waals surface area contributed by atoms with Gasteiger partial charge in [0.15, 0.2) is 0 Å². The van der Waals surface area contributed by atoms with Gasteiger partial charge < -0.3 is 14.6 Å². The highest BCUT2D eigenvalue weighted by Crippen LogP contribution is 2.19. The van der Waals surface area contributed by atoms with Crippen molar-refractivity contribution in [2.24, 2.45) is 5.14 Å². The van der Waals surface area contributed by atoms with Gasteiger partial charge in [0.2, 0.25) is 5.09 Å². The van der Waals surface area contributed by atoms with Crippen LogP contribution >= 0.6 is 0 Å². The summed E-state index contributed by atoms with van der Waals surface area (Å²) in [6, 6.07) is 10.8. The van der Waals surface area contributed by atoms with Crippen LogP contribution in [0.4, 0.5) is 11.4 Å². The minimum Gasteiger partial charge on any atom is -0.446 e. The van der Waals surface area contributed by atoms with Crippen LogP contribution in [0.3, 0.4) is 0 Å². The first-order valence-electron chi connectivity index (χ1n) is 5.99. The van der Waals surface area contributed by atoms with Crippen LogP contribution in [0.2, 0.25) is 0 Å². The molecule has 2 rings (SSSR count). The second-order valence-corrected chi connectivity index (χ2v) is 6.06. The highest BCUT2D eigenvalue weighted by atomic mass is 32.2. The highest BCUT2D eigenvalue weighted by Gasteiger charge is 2.12. The molecular weight excluding hydrogens is 278 g/mol. The molecule has 0 spiro atoms. The summed E-state index contributed by atoms with van der Waals surface area (Å²) in [7, 11) is 0.141. The number of nitrogens with one attached hydrogen (secondary N) is 1. The van der Waals surface area contributed by atoms with E-state index in [1.54, 1.807) is 6.07 Å². The molecule has 0 aliphatic carbocycles. The number of nitrogens with two attached hydrogens (primary N) is 1. The van der Waals surface area contributed by atoms with E-state index >= 15 is 0 Å². The number of benzene rings is 1. The molecular formula is C13H17N3O3S. The second-order valence-electron chi connectivity index (χ2n) is 4.56. The van der Waals surface area contributed by atoms with Crippen molar-refractivity contribution in [2.75, 3.05) is 24.3 Å². The zero-order valence-corrected chi connectivity index (χ0v) is 12.1. The van der Waals surface area contributed by atoms with Crippen molar-refractivity contribution >= 4 is 21.4 Å². The van der Waals surface area contributed by atoms with Crippen molar-refractivity contribution in [3.63, 3.8) is 0 Å². The minimum absolute atomic E-state index is 0.226. The minimum atomic E-state index is -3.78. The number of rotatable bonds is 5. The van der Waals surface area contributed by atoms with Gasteiger partial charge in [0, 0.05) is 25.5 Å². The zero-order valence-electron chi connectivity index (χ0n) is 11.3. The summed E-state index contributed by atoms with van der Waals surface area (Å²) in [5, 5.41) is 7.92. The van der Waals surface area contributed by atoms with Crippen LogP contribution in [-0.4, -0.2) is 22.5 Å². The quantitative estimate of drug-likeness (QED) is 0.874. The van der Waals surface area contributed by atoms with Gasteiger partial charge in [0.25, 0.3) is 10.0 Å². The largest absolute Gasteiger partial charge is 0.446 e. The van der Waals surface area contributed by atoms with Gasteiger partial charge in [0.05, 0.1) is 6.54 Å². The maximum absolute atomic E-state index is 11.1. The first kappa shape index (κ1) is 14.4. The number of nitrogens with zero attached hydrogens (tertiary/aromatic N) is 1. The van der Waals surface area contributed by atoms with Crippen molar-refractivity contribution in [1.29, 1.82) is 0 Å². The van der Waals surface area contributed by atoms with Gasteiger partial charge in [-0.2, -0.15) is 0 Å². The SMILES string of the molecule is CN(C)c1cccc(NCc2ccc(S(N)(=O)=O)o2)c1. The van der Waals surface area contributed by atoms with E-state index in [0.717, 1.165) is 11.4 Å². The molecule has 0 radical (unpaired) electrons. The molecule has 1 aromatic carbocycles. The van der Waals surface area contributed by atoms with E-state index < -0.39 is 10.0 Å². The molecule has 0 saturated heterocycles. The van der Waals surface area contributed by atoms with Gasteiger partial charge in [-0.1, -0.05) is 6.07 Å². The Morgan fingerprint density at radius 2 is 2.00 bits per heavy atom. The molecule has 6 nitrogen and oxygen atoms in total. The van der Waals surface area contributed by atoms with E-state index in [-0.39, 0.29) is 5.09 Å². The fourth-order valence-electron chi connectivity index (χ4n) is 1.69. The molecule has 108 valence electrons. The summed E-state index contributed by atoms with van der Waals surface area (Å²) < 4.78 is 27.4. The molecule has 0 amide bonds. The van der Waals surface area contributed by atoms with Crippen LogP contribution in [0.25, 0.3) is 0 Å². The van der Waals surface area contributed by atoms with E-state index in [4.69, 9.17) is 9.56 Å². The smallest absolute Gasteiger partial charge is 0.271 e. The topological polar surface area (TPSA) is 88.6 Å². The van der Waals surface area contributed by atoms with Crippen molar-refractivity contribution in [1.82, 2.24) is 0 Å². The monoisotopic (exact) mass is 295 g/mol. The number of primary sulfonamides is 1. The Morgan fingerprint density at radius 1 is 1.25 bits per heavy atom. The number of hydrogen-bond acceptors (Lipinski definition) is 5. The Morgan fingerprint density at radius 3 is 2.60 bits per heavy atom. The molecule has 0 fully saturated rings. The number of sulfonamides is 1. The predicted octanol–water partition coefficient (Wildman–Crippen LogP) is 1.61. The summed E-state index contributed by atoms with van der Waals surface area (Å²) in [4.78, 5) is 2.00. The lowest BCUT2D eigenvalue weighted by Crippen LogP contribution is -2.11. The average Bonchev–Trinajstić information content (AvgIpc) is 2.85. The first-order valence-corrected chi connectivity index (χ1v) is 7.53. The molecule has 0 aliphatic heterocycles. The lowest BCUT2D eigenvalue weighted by molar-refractivity contribution is 0.419. The van der Waals surface area contributed by atoms with Crippen molar-refractivity contribution in [2.45, 2.75) is 11.6 Å². The van der Waals surface area contributed by atoms with Gasteiger partial charge in [-0.3, -0.25) is 0 Å². The second kappa shape index (κ2) is 5.56. The van der Waals surface area contributed by atoms with Crippen LogP contribution in [0, 0.1) is 0 Å². The molecule has 20 heavy (non-hydrogen) atoms. The van der Waals surface area contributed by atoms with E-state index in [0.29, 0.717) is 12.3 Å². The summed E-state index contributed by atoms with van der Waals surface area (Å²) in [6.07, 6.45) is 0. The van der Waals surface area contributed by atoms with Crippen LogP contribution < -0.4 is 15.4 Å². The Bertz CT molecular complexity index is 692. The third kappa shape index (κ3) is 3.52. The van der Waals surface area contributed by atoms with Crippen LogP contribution in [0.15, 0.2) is 45.9 Å². The zero-order chi connectivity index (χ0) is 14.8. The molecule has 2 aromatic rings. The fraction of sp³-hybridized carbons (Fsp3) is 0.231. The van der Waals surface area contributed by atoms with E-state index in [1.807, 2.05) is 43.3 Å². The van der Waals surface area contributed by atoms with E-state index in [9.17, 15) is 8.42 Å². The van der Waals surface area contributed by atoms with E-state index in [1.165, 1.54) is 6.07 Å². The molecule has 0 unspecified atom stereocenters.